The van der Waals surface area contributed by atoms with Crippen LogP contribution in [-0.2, 0) is 11.4 Å². The van der Waals surface area contributed by atoms with Crippen LogP contribution >= 0.6 is 0 Å². The number of fused-ring (bicyclic) bond motifs is 3. The number of hydrogen-bond acceptors (Lipinski definition) is 9. The number of carbonyl (C=O) groups is 1. The summed E-state index contributed by atoms with van der Waals surface area (Å²) < 4.78 is 46.9. The largest absolute Gasteiger partial charge is 0.470 e. The van der Waals surface area contributed by atoms with E-state index in [-0.39, 0.29) is 24.0 Å². The van der Waals surface area contributed by atoms with Gasteiger partial charge >= 0.3 is 0 Å². The van der Waals surface area contributed by atoms with Crippen LogP contribution < -0.4 is 19.9 Å². The first-order chi connectivity index (χ1) is 18.9. The number of anilines is 3. The van der Waals surface area contributed by atoms with Crippen molar-refractivity contribution in [3.63, 3.8) is 0 Å². The van der Waals surface area contributed by atoms with Gasteiger partial charge in [-0.15, -0.1) is 15.3 Å². The van der Waals surface area contributed by atoms with Crippen LogP contribution in [0.5, 0.6) is 5.88 Å². The Morgan fingerprint density at radius 1 is 1.10 bits per heavy atom. The Labute approximate surface area is 220 Å². The first-order valence-corrected chi connectivity index (χ1v) is 12.1. The molecule has 0 bridgehead atoms. The zero-order valence-electron chi connectivity index (χ0n) is 20.6. The molecule has 0 saturated carbocycles. The van der Waals surface area contributed by atoms with Gasteiger partial charge in [-0.25, -0.2) is 18.4 Å². The van der Waals surface area contributed by atoms with E-state index in [0.717, 1.165) is 0 Å². The fourth-order valence-electron chi connectivity index (χ4n) is 4.69. The molecule has 5 heterocycles. The number of aryl methyl sites for hydroxylation is 1. The van der Waals surface area contributed by atoms with E-state index < -0.39 is 18.4 Å². The van der Waals surface area contributed by atoms with E-state index in [4.69, 9.17) is 4.74 Å². The SMILES string of the molecule is Cc1nnn(-c2ccc(C(F)F)cc2)c1COc1ccc(N2CCN3c4cc(F)ncc4NC(=O)[C@@H]3C2)nn1. The Balaban J connectivity index is 1.12. The van der Waals surface area contributed by atoms with Gasteiger partial charge in [0.25, 0.3) is 6.43 Å². The molecule has 3 aromatic heterocycles. The van der Waals surface area contributed by atoms with Gasteiger partial charge in [-0.2, -0.15) is 4.39 Å². The van der Waals surface area contributed by atoms with Crippen molar-refractivity contribution in [2.75, 3.05) is 34.8 Å². The number of rotatable bonds is 6. The molecule has 14 heteroatoms. The van der Waals surface area contributed by atoms with E-state index in [2.05, 4.69) is 30.8 Å². The fraction of sp³-hybridized carbons (Fsp3) is 0.280. The number of carbonyl (C=O) groups excluding carboxylic acids is 1. The lowest BCUT2D eigenvalue weighted by Crippen LogP contribution is -2.60. The molecule has 1 N–H and O–H groups in total. The highest BCUT2D eigenvalue weighted by molar-refractivity contribution is 6.04. The molecular weight excluding hydrogens is 515 g/mol. The van der Waals surface area contributed by atoms with Crippen LogP contribution in [0.3, 0.4) is 0 Å². The quantitative estimate of drug-likeness (QED) is 0.371. The fourth-order valence-corrected chi connectivity index (χ4v) is 4.69. The Kier molecular flexibility index (Phi) is 6.21. The predicted molar refractivity (Wildman–Crippen MR) is 134 cm³/mol. The number of benzene rings is 1. The average molecular weight is 538 g/mol. The minimum absolute atomic E-state index is 0.0784. The second-order valence-electron chi connectivity index (χ2n) is 9.11. The number of amides is 1. The number of nitrogens with zero attached hydrogens (tertiary/aromatic N) is 8. The molecule has 1 amide bonds. The van der Waals surface area contributed by atoms with Gasteiger partial charge in [0.2, 0.25) is 17.7 Å². The van der Waals surface area contributed by atoms with E-state index >= 15 is 0 Å². The minimum atomic E-state index is -2.55. The maximum Gasteiger partial charge on any atom is 0.263 e. The normalized spacial score (nSPS) is 16.6. The zero-order valence-corrected chi connectivity index (χ0v) is 20.6. The number of nitrogens with one attached hydrogen (secondary N) is 1. The van der Waals surface area contributed by atoms with E-state index in [1.807, 2.05) is 9.80 Å². The first-order valence-electron chi connectivity index (χ1n) is 12.1. The van der Waals surface area contributed by atoms with Crippen LogP contribution in [0.25, 0.3) is 5.69 Å². The number of aromatic nitrogens is 6. The van der Waals surface area contributed by atoms with Crippen molar-refractivity contribution in [2.45, 2.75) is 26.0 Å². The van der Waals surface area contributed by atoms with Crippen molar-refractivity contribution in [1.82, 2.24) is 30.2 Å². The summed E-state index contributed by atoms with van der Waals surface area (Å²) in [5.41, 5.74) is 2.85. The van der Waals surface area contributed by atoms with Crippen LogP contribution in [0.1, 0.15) is 23.4 Å². The van der Waals surface area contributed by atoms with Gasteiger partial charge in [0.1, 0.15) is 18.3 Å². The molecule has 200 valence electrons. The standard InChI is InChI=1S/C25H22F3N9O2/c1-14-20(37(34-31-14)16-4-2-15(3-5-16)24(27)28)13-39-23-7-6-22(32-33-23)35-8-9-36-18-10-21(26)29-11-17(18)30-25(38)19(36)12-35/h2-7,10-11,19,24H,8-9,12-13H2,1H3,(H,30,38)/t19-/m0/s1. The second-order valence-corrected chi connectivity index (χ2v) is 9.11. The van der Waals surface area contributed by atoms with Crippen molar-refractivity contribution >= 4 is 23.1 Å². The maximum atomic E-state index is 13.7. The molecule has 0 spiro atoms. The van der Waals surface area contributed by atoms with Gasteiger partial charge in [-0.05, 0) is 25.1 Å². The summed E-state index contributed by atoms with van der Waals surface area (Å²) in [6.45, 7) is 3.24. The summed E-state index contributed by atoms with van der Waals surface area (Å²) in [6.07, 6.45) is -1.23. The number of pyridine rings is 1. The minimum Gasteiger partial charge on any atom is -0.470 e. The van der Waals surface area contributed by atoms with E-state index in [1.165, 1.54) is 29.1 Å². The van der Waals surface area contributed by atoms with Crippen molar-refractivity contribution in [1.29, 1.82) is 0 Å². The van der Waals surface area contributed by atoms with Gasteiger partial charge in [-0.1, -0.05) is 17.3 Å². The van der Waals surface area contributed by atoms with Gasteiger partial charge in [0.15, 0.2) is 5.82 Å². The van der Waals surface area contributed by atoms with Crippen LogP contribution in [0.15, 0.2) is 48.7 Å². The zero-order chi connectivity index (χ0) is 27.1. The van der Waals surface area contributed by atoms with E-state index in [9.17, 15) is 18.0 Å². The molecule has 1 saturated heterocycles. The Bertz CT molecular complexity index is 1510. The molecule has 2 aliphatic heterocycles. The molecule has 1 aromatic carbocycles. The average Bonchev–Trinajstić information content (AvgIpc) is 3.32. The number of piperazine rings is 1. The molecular formula is C25H22F3N9O2. The van der Waals surface area contributed by atoms with Gasteiger partial charge in [-0.3, -0.25) is 4.79 Å². The molecule has 1 atom stereocenters. The van der Waals surface area contributed by atoms with Crippen LogP contribution in [0.4, 0.5) is 30.4 Å². The Morgan fingerprint density at radius 2 is 1.92 bits per heavy atom. The van der Waals surface area contributed by atoms with Crippen molar-refractivity contribution in [3.8, 4) is 11.6 Å². The lowest BCUT2D eigenvalue weighted by atomic mass is 10.1. The molecule has 0 aliphatic carbocycles. The molecule has 11 nitrogen and oxygen atoms in total. The highest BCUT2D eigenvalue weighted by Crippen LogP contribution is 2.34. The van der Waals surface area contributed by atoms with Gasteiger partial charge in [0.05, 0.1) is 29.0 Å². The lowest BCUT2D eigenvalue weighted by Gasteiger charge is -2.45. The molecule has 39 heavy (non-hydrogen) atoms. The summed E-state index contributed by atoms with van der Waals surface area (Å²) >= 11 is 0. The Morgan fingerprint density at radius 3 is 2.67 bits per heavy atom. The first kappa shape index (κ1) is 24.6. The predicted octanol–water partition coefficient (Wildman–Crippen LogP) is 3.06. The van der Waals surface area contributed by atoms with Crippen LogP contribution in [0, 0.1) is 12.9 Å². The van der Waals surface area contributed by atoms with E-state index in [0.29, 0.717) is 53.9 Å². The second kappa shape index (κ2) is 9.85. The third kappa shape index (κ3) is 4.69. The maximum absolute atomic E-state index is 13.7. The van der Waals surface area contributed by atoms with Gasteiger partial charge < -0.3 is 19.9 Å². The lowest BCUT2D eigenvalue weighted by molar-refractivity contribution is -0.117. The Hall–Kier alpha value is -4.75. The highest BCUT2D eigenvalue weighted by atomic mass is 19.3. The van der Waals surface area contributed by atoms with Crippen molar-refractivity contribution in [3.05, 3.63) is 71.6 Å². The molecule has 6 rings (SSSR count). The molecule has 0 radical (unpaired) electrons. The smallest absolute Gasteiger partial charge is 0.263 e. The molecule has 4 aromatic rings. The number of alkyl halides is 2. The summed E-state index contributed by atoms with van der Waals surface area (Å²) in [4.78, 5) is 20.1. The summed E-state index contributed by atoms with van der Waals surface area (Å²) in [5, 5.41) is 19.4. The third-order valence-electron chi connectivity index (χ3n) is 6.75. The number of halogens is 3. The van der Waals surface area contributed by atoms with Crippen molar-refractivity contribution in [2.24, 2.45) is 0 Å². The molecule has 2 aliphatic rings. The van der Waals surface area contributed by atoms with Gasteiger partial charge in [0, 0.05) is 37.3 Å². The topological polar surface area (TPSA) is 114 Å². The van der Waals surface area contributed by atoms with E-state index in [1.54, 1.807) is 31.2 Å². The summed E-state index contributed by atoms with van der Waals surface area (Å²) in [5.74, 6) is 0.0394. The third-order valence-corrected chi connectivity index (χ3v) is 6.75. The van der Waals surface area contributed by atoms with Crippen molar-refractivity contribution < 1.29 is 22.7 Å². The summed E-state index contributed by atoms with van der Waals surface area (Å²) in [6, 6.07) is 10.0. The summed E-state index contributed by atoms with van der Waals surface area (Å²) in [7, 11) is 0. The number of hydrogen-bond donors (Lipinski definition) is 1. The highest BCUT2D eigenvalue weighted by Gasteiger charge is 2.38. The van der Waals surface area contributed by atoms with Crippen LogP contribution in [-0.4, -0.2) is 61.8 Å². The molecule has 0 unspecified atom stereocenters. The van der Waals surface area contributed by atoms with Crippen LogP contribution in [0.2, 0.25) is 0 Å². The number of ether oxygens (including phenoxy) is 1. The monoisotopic (exact) mass is 537 g/mol. The molecule has 1 fully saturated rings.